The van der Waals surface area contributed by atoms with Crippen molar-refractivity contribution in [3.63, 3.8) is 0 Å². The van der Waals surface area contributed by atoms with Gasteiger partial charge < -0.3 is 14.2 Å². The number of rotatable bonds is 5. The second-order valence-corrected chi connectivity index (χ2v) is 5.08. The molecule has 1 rings (SSSR count). The Morgan fingerprint density at radius 3 is 2.33 bits per heavy atom. The lowest BCUT2D eigenvalue weighted by Crippen LogP contribution is -2.15. The lowest BCUT2D eigenvalue weighted by Gasteiger charge is -2.15. The molecule has 0 saturated heterocycles. The number of esters is 1. The second kappa shape index (κ2) is 6.82. The zero-order valence-electron chi connectivity index (χ0n) is 11.0. The van der Waals surface area contributed by atoms with Crippen LogP contribution >= 0.6 is 22.6 Å². The zero-order chi connectivity index (χ0) is 13.7. The van der Waals surface area contributed by atoms with Gasteiger partial charge in [-0.25, -0.2) is 0 Å². The van der Waals surface area contributed by atoms with E-state index in [2.05, 4.69) is 22.6 Å². The van der Waals surface area contributed by atoms with Gasteiger partial charge in [-0.3, -0.25) is 4.79 Å². The minimum Gasteiger partial charge on any atom is -0.493 e. The van der Waals surface area contributed by atoms with Crippen molar-refractivity contribution in [3.05, 3.63) is 21.3 Å². The van der Waals surface area contributed by atoms with Crippen LogP contribution in [0, 0.1) is 3.57 Å². The summed E-state index contributed by atoms with van der Waals surface area (Å²) >= 11 is 2.23. The van der Waals surface area contributed by atoms with Crippen LogP contribution in [0.2, 0.25) is 0 Å². The molecule has 0 bridgehead atoms. The van der Waals surface area contributed by atoms with Crippen LogP contribution in [-0.2, 0) is 16.0 Å². The van der Waals surface area contributed by atoms with Crippen molar-refractivity contribution in [1.29, 1.82) is 0 Å². The first-order valence-electron chi connectivity index (χ1n) is 5.55. The lowest BCUT2D eigenvalue weighted by molar-refractivity contribution is -0.145. The highest BCUT2D eigenvalue weighted by molar-refractivity contribution is 14.1. The molecule has 1 atom stereocenters. The van der Waals surface area contributed by atoms with E-state index >= 15 is 0 Å². The molecule has 0 fully saturated rings. The molecule has 0 saturated carbocycles. The molecule has 0 spiro atoms. The van der Waals surface area contributed by atoms with E-state index in [1.165, 1.54) is 6.92 Å². The molecule has 0 aromatic heterocycles. The minimum absolute atomic E-state index is 0.158. The fraction of sp³-hybridized carbons (Fsp3) is 0.462. The molecule has 0 radical (unpaired) electrons. The maximum absolute atomic E-state index is 10.9. The summed E-state index contributed by atoms with van der Waals surface area (Å²) in [5.74, 6) is 1.12. The molecule has 18 heavy (non-hydrogen) atoms. The van der Waals surface area contributed by atoms with Gasteiger partial charge in [-0.1, -0.05) is 0 Å². The van der Waals surface area contributed by atoms with Gasteiger partial charge in [0.25, 0.3) is 0 Å². The number of carbonyl (C=O) groups is 1. The highest BCUT2D eigenvalue weighted by atomic mass is 127. The summed E-state index contributed by atoms with van der Waals surface area (Å²) in [6.45, 7) is 3.28. The van der Waals surface area contributed by atoms with Crippen molar-refractivity contribution >= 4 is 28.6 Å². The normalized spacial score (nSPS) is 11.8. The molecule has 4 nitrogen and oxygen atoms in total. The van der Waals surface area contributed by atoms with E-state index < -0.39 is 0 Å². The van der Waals surface area contributed by atoms with Gasteiger partial charge in [-0.2, -0.15) is 0 Å². The van der Waals surface area contributed by atoms with E-state index in [1.807, 2.05) is 19.1 Å². The van der Waals surface area contributed by atoms with Crippen molar-refractivity contribution in [2.24, 2.45) is 0 Å². The van der Waals surface area contributed by atoms with Crippen molar-refractivity contribution in [1.82, 2.24) is 0 Å². The standard InChI is InChI=1S/C13H17IO4/c1-8(18-9(2)15)5-10-6-12(16-3)13(17-4)7-11(10)14/h6-8H,5H2,1-4H3/t8-/m1/s1. The van der Waals surface area contributed by atoms with Crippen molar-refractivity contribution in [3.8, 4) is 11.5 Å². The monoisotopic (exact) mass is 364 g/mol. The van der Waals surface area contributed by atoms with E-state index in [9.17, 15) is 4.79 Å². The quantitative estimate of drug-likeness (QED) is 0.596. The van der Waals surface area contributed by atoms with Gasteiger partial charge in [-0.15, -0.1) is 0 Å². The molecule has 0 aliphatic heterocycles. The average Bonchev–Trinajstić information content (AvgIpc) is 2.30. The predicted molar refractivity (Wildman–Crippen MR) is 77.2 cm³/mol. The first kappa shape index (κ1) is 15.1. The fourth-order valence-electron chi connectivity index (χ4n) is 1.69. The summed E-state index contributed by atoms with van der Waals surface area (Å²) in [5, 5.41) is 0. The van der Waals surface area contributed by atoms with Gasteiger partial charge in [0.05, 0.1) is 14.2 Å². The van der Waals surface area contributed by atoms with Gasteiger partial charge in [0.1, 0.15) is 6.10 Å². The van der Waals surface area contributed by atoms with Crippen LogP contribution in [-0.4, -0.2) is 26.3 Å². The summed E-state index contributed by atoms with van der Waals surface area (Å²) < 4.78 is 16.7. The third kappa shape index (κ3) is 4.04. The summed E-state index contributed by atoms with van der Waals surface area (Å²) in [6.07, 6.45) is 0.493. The van der Waals surface area contributed by atoms with E-state index in [0.717, 1.165) is 9.13 Å². The Bertz CT molecular complexity index is 431. The first-order chi connectivity index (χ1) is 8.47. The van der Waals surface area contributed by atoms with Crippen LogP contribution in [0.5, 0.6) is 11.5 Å². The number of hydrogen-bond donors (Lipinski definition) is 0. The van der Waals surface area contributed by atoms with Gasteiger partial charge in [0, 0.05) is 16.9 Å². The van der Waals surface area contributed by atoms with Crippen LogP contribution in [0.25, 0.3) is 0 Å². The molecule has 0 N–H and O–H groups in total. The lowest BCUT2D eigenvalue weighted by atomic mass is 10.1. The molecule has 0 aliphatic rings. The van der Waals surface area contributed by atoms with Gasteiger partial charge >= 0.3 is 5.97 Å². The van der Waals surface area contributed by atoms with E-state index in [1.54, 1.807) is 14.2 Å². The molecule has 1 aromatic rings. The summed E-state index contributed by atoms with van der Waals surface area (Å²) in [4.78, 5) is 10.9. The largest absolute Gasteiger partial charge is 0.493 e. The Labute approximate surface area is 121 Å². The van der Waals surface area contributed by atoms with Gasteiger partial charge in [0.2, 0.25) is 0 Å². The van der Waals surface area contributed by atoms with Crippen LogP contribution in [0.15, 0.2) is 12.1 Å². The van der Waals surface area contributed by atoms with Gasteiger partial charge in [-0.05, 0) is 47.2 Å². The number of methoxy groups -OCH3 is 2. The molecule has 0 aliphatic carbocycles. The Kier molecular flexibility index (Phi) is 5.71. The average molecular weight is 364 g/mol. The Morgan fingerprint density at radius 2 is 1.83 bits per heavy atom. The molecule has 100 valence electrons. The minimum atomic E-state index is -0.266. The third-order valence-corrected chi connectivity index (χ3v) is 3.43. The first-order valence-corrected chi connectivity index (χ1v) is 6.63. The van der Waals surface area contributed by atoms with E-state index in [4.69, 9.17) is 14.2 Å². The van der Waals surface area contributed by atoms with E-state index in [0.29, 0.717) is 17.9 Å². The smallest absolute Gasteiger partial charge is 0.302 e. The Morgan fingerprint density at radius 1 is 1.28 bits per heavy atom. The highest BCUT2D eigenvalue weighted by Gasteiger charge is 2.13. The molecule has 5 heteroatoms. The molecule has 0 amide bonds. The number of carbonyl (C=O) groups excluding carboxylic acids is 1. The molecular weight excluding hydrogens is 347 g/mol. The topological polar surface area (TPSA) is 44.8 Å². The van der Waals surface area contributed by atoms with Crippen LogP contribution in [0.4, 0.5) is 0 Å². The SMILES string of the molecule is COc1cc(I)c(C[C@@H](C)OC(C)=O)cc1OC. The predicted octanol–water partition coefficient (Wildman–Crippen LogP) is 2.80. The fourth-order valence-corrected chi connectivity index (χ4v) is 2.35. The molecule has 0 heterocycles. The highest BCUT2D eigenvalue weighted by Crippen LogP contribution is 2.32. The van der Waals surface area contributed by atoms with E-state index in [-0.39, 0.29) is 12.1 Å². The third-order valence-electron chi connectivity index (χ3n) is 2.43. The molecular formula is C13H17IO4. The van der Waals surface area contributed by atoms with Crippen LogP contribution < -0.4 is 9.47 Å². The number of ether oxygens (including phenoxy) is 3. The number of halogens is 1. The van der Waals surface area contributed by atoms with Crippen molar-refractivity contribution < 1.29 is 19.0 Å². The van der Waals surface area contributed by atoms with Crippen molar-refractivity contribution in [2.75, 3.05) is 14.2 Å². The number of hydrogen-bond acceptors (Lipinski definition) is 4. The number of benzene rings is 1. The zero-order valence-corrected chi connectivity index (χ0v) is 13.1. The summed E-state index contributed by atoms with van der Waals surface area (Å²) in [5.41, 5.74) is 1.07. The Hall–Kier alpha value is -0.980. The second-order valence-electron chi connectivity index (χ2n) is 3.92. The summed E-state index contributed by atoms with van der Waals surface area (Å²) in [7, 11) is 3.21. The van der Waals surface area contributed by atoms with Gasteiger partial charge in [0.15, 0.2) is 11.5 Å². The molecule has 0 unspecified atom stereocenters. The Balaban J connectivity index is 2.92. The summed E-state index contributed by atoms with van der Waals surface area (Å²) in [6, 6.07) is 3.83. The van der Waals surface area contributed by atoms with Crippen LogP contribution in [0.3, 0.4) is 0 Å². The van der Waals surface area contributed by atoms with Crippen LogP contribution in [0.1, 0.15) is 19.4 Å². The maximum atomic E-state index is 10.9. The maximum Gasteiger partial charge on any atom is 0.302 e. The molecule has 1 aromatic carbocycles. The van der Waals surface area contributed by atoms with Crippen molar-refractivity contribution in [2.45, 2.75) is 26.4 Å².